The Morgan fingerprint density at radius 3 is 2.52 bits per heavy atom. The first-order valence-electron chi connectivity index (χ1n) is 6.97. The number of nitrogens with zero attached hydrogens (tertiary/aromatic N) is 1. The minimum atomic E-state index is -0.393. The number of aromatic nitrogens is 2. The number of nitrogens with one attached hydrogen (secondary N) is 1. The van der Waals surface area contributed by atoms with Gasteiger partial charge in [0, 0.05) is 24.4 Å². The zero-order valence-electron chi connectivity index (χ0n) is 12.1. The lowest BCUT2D eigenvalue weighted by atomic mass is 10.2. The Labute approximate surface area is 131 Å². The first-order chi connectivity index (χ1) is 11.2. The van der Waals surface area contributed by atoms with Crippen molar-refractivity contribution >= 4 is 0 Å². The standard InChI is InChI=1S/C17H14N2O4/c20-16-10-15(6-8-18-16)23-19-9-7-14(11-17(19)21)22-12-13-4-2-1-3-5-13/h1-11H,12H2,(H,18,20). The van der Waals surface area contributed by atoms with Crippen molar-refractivity contribution in [1.82, 2.24) is 9.71 Å². The average Bonchev–Trinajstić information content (AvgIpc) is 2.56. The summed E-state index contributed by atoms with van der Waals surface area (Å²) in [6.45, 7) is 0.374. The van der Waals surface area contributed by atoms with Crippen LogP contribution in [0.2, 0.25) is 0 Å². The smallest absolute Gasteiger partial charge is 0.287 e. The Balaban J connectivity index is 1.71. The minimum Gasteiger partial charge on any atom is -0.489 e. The summed E-state index contributed by atoms with van der Waals surface area (Å²) in [4.78, 5) is 31.0. The van der Waals surface area contributed by atoms with Gasteiger partial charge in [0.2, 0.25) is 0 Å². The molecule has 6 heteroatoms. The highest BCUT2D eigenvalue weighted by Crippen LogP contribution is 2.11. The molecule has 0 fully saturated rings. The zero-order chi connectivity index (χ0) is 16.1. The van der Waals surface area contributed by atoms with Crippen LogP contribution in [0.4, 0.5) is 0 Å². The Kier molecular flexibility index (Phi) is 4.24. The summed E-state index contributed by atoms with van der Waals surface area (Å²) in [6, 6.07) is 15.4. The van der Waals surface area contributed by atoms with E-state index in [0.29, 0.717) is 12.4 Å². The third kappa shape index (κ3) is 3.88. The summed E-state index contributed by atoms with van der Waals surface area (Å²) in [7, 11) is 0. The van der Waals surface area contributed by atoms with Gasteiger partial charge in [-0.1, -0.05) is 30.3 Å². The van der Waals surface area contributed by atoms with E-state index in [1.165, 1.54) is 24.5 Å². The van der Waals surface area contributed by atoms with E-state index in [9.17, 15) is 9.59 Å². The van der Waals surface area contributed by atoms with Gasteiger partial charge in [-0.3, -0.25) is 9.59 Å². The molecule has 0 aliphatic rings. The van der Waals surface area contributed by atoms with Crippen LogP contribution in [0.25, 0.3) is 0 Å². The average molecular weight is 310 g/mol. The number of ether oxygens (including phenoxy) is 1. The van der Waals surface area contributed by atoms with E-state index in [0.717, 1.165) is 10.3 Å². The Bertz CT molecular complexity index is 900. The molecule has 6 nitrogen and oxygen atoms in total. The van der Waals surface area contributed by atoms with Gasteiger partial charge >= 0.3 is 0 Å². The van der Waals surface area contributed by atoms with Gasteiger partial charge in [-0.2, -0.15) is 0 Å². The van der Waals surface area contributed by atoms with Crippen LogP contribution in [0.1, 0.15) is 5.56 Å². The van der Waals surface area contributed by atoms with E-state index in [1.54, 1.807) is 12.1 Å². The Morgan fingerprint density at radius 1 is 0.957 bits per heavy atom. The SMILES string of the molecule is O=c1cc(On2ccc(OCc3ccccc3)cc2=O)cc[nH]1. The van der Waals surface area contributed by atoms with Gasteiger partial charge in [0.05, 0.1) is 6.20 Å². The van der Waals surface area contributed by atoms with Crippen molar-refractivity contribution in [2.24, 2.45) is 0 Å². The maximum Gasteiger partial charge on any atom is 0.287 e. The van der Waals surface area contributed by atoms with Gasteiger partial charge in [0.15, 0.2) is 5.75 Å². The van der Waals surface area contributed by atoms with E-state index in [4.69, 9.17) is 9.57 Å². The van der Waals surface area contributed by atoms with Crippen molar-refractivity contribution < 1.29 is 9.57 Å². The number of rotatable bonds is 5. The fourth-order valence-electron chi connectivity index (χ4n) is 1.95. The second-order valence-electron chi connectivity index (χ2n) is 4.78. The third-order valence-corrected chi connectivity index (χ3v) is 3.06. The van der Waals surface area contributed by atoms with Gasteiger partial charge < -0.3 is 14.6 Å². The molecule has 0 bridgehead atoms. The monoisotopic (exact) mass is 310 g/mol. The first kappa shape index (κ1) is 14.6. The van der Waals surface area contributed by atoms with E-state index in [2.05, 4.69) is 4.98 Å². The van der Waals surface area contributed by atoms with Crippen molar-refractivity contribution in [3.05, 3.63) is 93.3 Å². The quantitative estimate of drug-likeness (QED) is 0.782. The molecule has 0 atom stereocenters. The second kappa shape index (κ2) is 6.65. The predicted molar refractivity (Wildman–Crippen MR) is 84.6 cm³/mol. The predicted octanol–water partition coefficient (Wildman–Crippen LogP) is 1.96. The molecule has 3 aromatic rings. The van der Waals surface area contributed by atoms with Gasteiger partial charge in [0.1, 0.15) is 12.4 Å². The van der Waals surface area contributed by atoms with Gasteiger partial charge in [0.25, 0.3) is 11.1 Å². The van der Waals surface area contributed by atoms with E-state index < -0.39 is 5.56 Å². The normalized spacial score (nSPS) is 10.3. The molecular formula is C17H14N2O4. The Hall–Kier alpha value is -3.28. The van der Waals surface area contributed by atoms with Crippen molar-refractivity contribution in [3.8, 4) is 11.5 Å². The number of pyridine rings is 2. The molecular weight excluding hydrogens is 296 g/mol. The van der Waals surface area contributed by atoms with Crippen LogP contribution in [-0.4, -0.2) is 9.71 Å². The van der Waals surface area contributed by atoms with Crippen molar-refractivity contribution in [2.45, 2.75) is 6.61 Å². The van der Waals surface area contributed by atoms with Crippen LogP contribution >= 0.6 is 0 Å². The molecule has 1 aromatic carbocycles. The van der Waals surface area contributed by atoms with Crippen molar-refractivity contribution in [3.63, 3.8) is 0 Å². The van der Waals surface area contributed by atoms with E-state index >= 15 is 0 Å². The molecule has 116 valence electrons. The molecule has 0 aliphatic heterocycles. The number of benzene rings is 1. The summed E-state index contributed by atoms with van der Waals surface area (Å²) in [5, 5.41) is 0. The summed E-state index contributed by atoms with van der Waals surface area (Å²) >= 11 is 0. The topological polar surface area (TPSA) is 73.3 Å². The second-order valence-corrected chi connectivity index (χ2v) is 4.78. The molecule has 1 N–H and O–H groups in total. The maximum atomic E-state index is 12.0. The summed E-state index contributed by atoms with van der Waals surface area (Å²) in [5.41, 5.74) is 0.311. The van der Waals surface area contributed by atoms with Gasteiger partial charge in [-0.15, -0.1) is 4.73 Å². The molecule has 0 unspecified atom stereocenters. The van der Waals surface area contributed by atoms with E-state index in [1.807, 2.05) is 30.3 Å². The third-order valence-electron chi connectivity index (χ3n) is 3.06. The zero-order valence-corrected chi connectivity index (χ0v) is 12.1. The maximum absolute atomic E-state index is 12.0. The highest BCUT2D eigenvalue weighted by Gasteiger charge is 2.03. The largest absolute Gasteiger partial charge is 0.489 e. The number of hydrogen-bond donors (Lipinski definition) is 1. The lowest BCUT2D eigenvalue weighted by Gasteiger charge is -2.09. The van der Waals surface area contributed by atoms with Crippen LogP contribution in [0.15, 0.2) is 76.6 Å². The molecule has 0 spiro atoms. The molecule has 3 rings (SSSR count). The number of hydrogen-bond acceptors (Lipinski definition) is 4. The first-order valence-corrected chi connectivity index (χ1v) is 6.97. The van der Waals surface area contributed by atoms with Crippen LogP contribution in [0.5, 0.6) is 11.5 Å². The van der Waals surface area contributed by atoms with E-state index in [-0.39, 0.29) is 11.3 Å². The van der Waals surface area contributed by atoms with Crippen LogP contribution < -0.4 is 20.7 Å². The van der Waals surface area contributed by atoms with Gasteiger partial charge in [-0.25, -0.2) is 0 Å². The fourth-order valence-corrected chi connectivity index (χ4v) is 1.95. The van der Waals surface area contributed by atoms with Crippen molar-refractivity contribution in [2.75, 3.05) is 0 Å². The van der Waals surface area contributed by atoms with Crippen LogP contribution in [0, 0.1) is 0 Å². The minimum absolute atomic E-state index is 0.272. The summed E-state index contributed by atoms with van der Waals surface area (Å²) < 4.78 is 6.61. The van der Waals surface area contributed by atoms with Gasteiger partial charge in [-0.05, 0) is 11.6 Å². The highest BCUT2D eigenvalue weighted by molar-refractivity contribution is 5.21. The fraction of sp³-hybridized carbons (Fsp3) is 0.0588. The molecule has 0 saturated carbocycles. The molecule has 0 aliphatic carbocycles. The summed E-state index contributed by atoms with van der Waals surface area (Å²) in [6.07, 6.45) is 2.89. The number of aromatic amines is 1. The van der Waals surface area contributed by atoms with Crippen LogP contribution in [-0.2, 0) is 6.61 Å². The lowest BCUT2D eigenvalue weighted by molar-refractivity contribution is 0.201. The molecule has 0 radical (unpaired) electrons. The highest BCUT2D eigenvalue weighted by atomic mass is 16.7. The number of H-pyrrole nitrogens is 1. The molecule has 0 saturated heterocycles. The molecule has 23 heavy (non-hydrogen) atoms. The molecule has 2 heterocycles. The Morgan fingerprint density at radius 2 is 1.78 bits per heavy atom. The van der Waals surface area contributed by atoms with Crippen LogP contribution in [0.3, 0.4) is 0 Å². The molecule has 2 aromatic heterocycles. The lowest BCUT2D eigenvalue weighted by Crippen LogP contribution is -2.23. The molecule has 0 amide bonds. The summed E-state index contributed by atoms with van der Waals surface area (Å²) in [5.74, 6) is 0.721. The van der Waals surface area contributed by atoms with Crippen molar-refractivity contribution in [1.29, 1.82) is 0 Å².